The van der Waals surface area contributed by atoms with Crippen molar-refractivity contribution in [2.45, 2.75) is 11.8 Å². The molecule has 0 saturated carbocycles. The molecular weight excluding hydrogens is 256 g/mol. The van der Waals surface area contributed by atoms with Gasteiger partial charge < -0.3 is 4.90 Å². The fourth-order valence-electron chi connectivity index (χ4n) is 1.77. The van der Waals surface area contributed by atoms with E-state index in [-0.39, 0.29) is 11.3 Å². The summed E-state index contributed by atoms with van der Waals surface area (Å²) in [5, 5.41) is 9.30. The molecule has 1 fully saturated rings. The van der Waals surface area contributed by atoms with Crippen LogP contribution in [0.25, 0.3) is 0 Å². The molecule has 1 aromatic carbocycles. The molecule has 5 heteroatoms. The Morgan fingerprint density at radius 1 is 1.47 bits per heavy atom. The Bertz CT molecular complexity index is 455. The molecular formula is C12H11ClN2OS. The maximum Gasteiger partial charge on any atom is 0.233 e. The molecule has 88 valence electrons. The number of halogens is 1. The number of nitrogens with zero attached hydrogens (tertiary/aromatic N) is 2. The number of thioether (sulfide) groups is 1. The molecule has 0 radical (unpaired) electrons. The molecule has 1 aliphatic heterocycles. The van der Waals surface area contributed by atoms with Crippen LogP contribution in [-0.4, -0.2) is 23.1 Å². The number of hydrogen-bond donors (Lipinski definition) is 0. The minimum Gasteiger partial charge on any atom is -0.325 e. The smallest absolute Gasteiger partial charge is 0.233 e. The van der Waals surface area contributed by atoms with Crippen LogP contribution in [0.15, 0.2) is 24.3 Å². The molecule has 1 unspecified atom stereocenters. The van der Waals surface area contributed by atoms with Crippen molar-refractivity contribution < 1.29 is 4.79 Å². The number of carbonyl (C=O) groups excluding carboxylic acids is 1. The standard InChI is InChI=1S/C12H11ClN2OS/c13-10-4-2-9(3-5-10)12-15(7-1-6-14)11(16)8-17-12/h2-5,12H,1,7-8H2. The average Bonchev–Trinajstić information content (AvgIpc) is 2.69. The average molecular weight is 267 g/mol. The van der Waals surface area contributed by atoms with Crippen LogP contribution < -0.4 is 0 Å². The van der Waals surface area contributed by atoms with Gasteiger partial charge in [-0.25, -0.2) is 0 Å². The van der Waals surface area contributed by atoms with Gasteiger partial charge in [0.1, 0.15) is 5.37 Å². The lowest BCUT2D eigenvalue weighted by Crippen LogP contribution is -2.29. The fourth-order valence-corrected chi connectivity index (χ4v) is 3.11. The molecule has 0 N–H and O–H groups in total. The van der Waals surface area contributed by atoms with E-state index in [0.717, 1.165) is 5.56 Å². The number of rotatable bonds is 3. The predicted octanol–water partition coefficient (Wildman–Crippen LogP) is 2.83. The molecule has 2 rings (SSSR count). The van der Waals surface area contributed by atoms with Gasteiger partial charge >= 0.3 is 0 Å². The maximum atomic E-state index is 11.7. The van der Waals surface area contributed by atoms with Crippen LogP contribution in [0.5, 0.6) is 0 Å². The highest BCUT2D eigenvalue weighted by atomic mass is 35.5. The monoisotopic (exact) mass is 266 g/mol. The third-order valence-corrected chi connectivity index (χ3v) is 4.10. The highest BCUT2D eigenvalue weighted by Crippen LogP contribution is 2.38. The second-order valence-electron chi connectivity index (χ2n) is 3.71. The van der Waals surface area contributed by atoms with Gasteiger partial charge in [0.15, 0.2) is 0 Å². The van der Waals surface area contributed by atoms with E-state index < -0.39 is 0 Å². The van der Waals surface area contributed by atoms with Crippen molar-refractivity contribution in [1.82, 2.24) is 4.90 Å². The lowest BCUT2D eigenvalue weighted by molar-refractivity contribution is -0.127. The van der Waals surface area contributed by atoms with E-state index in [0.29, 0.717) is 23.7 Å². The Morgan fingerprint density at radius 3 is 2.82 bits per heavy atom. The van der Waals surface area contributed by atoms with E-state index in [1.54, 1.807) is 16.7 Å². The van der Waals surface area contributed by atoms with Gasteiger partial charge in [0, 0.05) is 11.6 Å². The molecule has 1 aliphatic rings. The Labute approximate surface area is 109 Å². The van der Waals surface area contributed by atoms with Crippen molar-refractivity contribution in [3.05, 3.63) is 34.9 Å². The van der Waals surface area contributed by atoms with Crippen molar-refractivity contribution in [3.8, 4) is 6.07 Å². The van der Waals surface area contributed by atoms with Crippen LogP contribution in [0.4, 0.5) is 0 Å². The van der Waals surface area contributed by atoms with Crippen molar-refractivity contribution in [1.29, 1.82) is 5.26 Å². The number of hydrogen-bond acceptors (Lipinski definition) is 3. The normalized spacial score (nSPS) is 19.4. The highest BCUT2D eigenvalue weighted by molar-refractivity contribution is 8.00. The largest absolute Gasteiger partial charge is 0.325 e. The SMILES string of the molecule is N#CCCN1C(=O)CSC1c1ccc(Cl)cc1. The molecule has 1 atom stereocenters. The van der Waals surface area contributed by atoms with Gasteiger partial charge in [-0.2, -0.15) is 5.26 Å². The number of amides is 1. The molecule has 0 bridgehead atoms. The third-order valence-electron chi connectivity index (χ3n) is 2.59. The summed E-state index contributed by atoms with van der Waals surface area (Å²) in [7, 11) is 0. The third kappa shape index (κ3) is 2.74. The van der Waals surface area contributed by atoms with Gasteiger partial charge in [-0.15, -0.1) is 11.8 Å². The quantitative estimate of drug-likeness (QED) is 0.845. The maximum absolute atomic E-state index is 11.7. The first kappa shape index (κ1) is 12.3. The van der Waals surface area contributed by atoms with Crippen molar-refractivity contribution >= 4 is 29.3 Å². The Hall–Kier alpha value is -1.18. The summed E-state index contributed by atoms with van der Waals surface area (Å²) in [4.78, 5) is 13.5. The van der Waals surface area contributed by atoms with Crippen molar-refractivity contribution in [2.24, 2.45) is 0 Å². The minimum absolute atomic E-state index is 0.0214. The Morgan fingerprint density at radius 2 is 2.18 bits per heavy atom. The lowest BCUT2D eigenvalue weighted by Gasteiger charge is -2.23. The zero-order chi connectivity index (χ0) is 12.3. The number of benzene rings is 1. The second kappa shape index (κ2) is 5.44. The Kier molecular flexibility index (Phi) is 3.93. The van der Waals surface area contributed by atoms with Crippen molar-refractivity contribution in [2.75, 3.05) is 12.3 Å². The van der Waals surface area contributed by atoms with Gasteiger partial charge in [0.2, 0.25) is 5.91 Å². The van der Waals surface area contributed by atoms with Crippen LogP contribution in [0.2, 0.25) is 5.02 Å². The van der Waals surface area contributed by atoms with Gasteiger partial charge in [-0.3, -0.25) is 4.79 Å². The summed E-state index contributed by atoms with van der Waals surface area (Å²) in [6.07, 6.45) is 0.371. The van der Waals surface area contributed by atoms with Crippen LogP contribution in [0, 0.1) is 11.3 Å². The van der Waals surface area contributed by atoms with E-state index in [9.17, 15) is 4.79 Å². The number of carbonyl (C=O) groups is 1. The molecule has 1 saturated heterocycles. The zero-order valence-electron chi connectivity index (χ0n) is 9.10. The van der Waals surface area contributed by atoms with E-state index in [4.69, 9.17) is 16.9 Å². The highest BCUT2D eigenvalue weighted by Gasteiger charge is 2.32. The first-order valence-electron chi connectivity index (χ1n) is 5.26. The van der Waals surface area contributed by atoms with E-state index in [2.05, 4.69) is 6.07 Å². The van der Waals surface area contributed by atoms with Crippen LogP contribution >= 0.6 is 23.4 Å². The summed E-state index contributed by atoms with van der Waals surface area (Å²) in [6.45, 7) is 0.496. The molecule has 0 spiro atoms. The molecule has 1 aromatic rings. The summed E-state index contributed by atoms with van der Waals surface area (Å²) in [6, 6.07) is 9.57. The minimum atomic E-state index is 0.0214. The van der Waals surface area contributed by atoms with Gasteiger partial charge in [-0.05, 0) is 17.7 Å². The first-order chi connectivity index (χ1) is 8.22. The summed E-state index contributed by atoms with van der Waals surface area (Å²) < 4.78 is 0. The summed E-state index contributed by atoms with van der Waals surface area (Å²) in [5.74, 6) is 0.587. The van der Waals surface area contributed by atoms with Crippen LogP contribution in [-0.2, 0) is 4.79 Å². The Balaban J connectivity index is 2.16. The van der Waals surface area contributed by atoms with Gasteiger partial charge in [0.05, 0.1) is 18.2 Å². The molecule has 17 heavy (non-hydrogen) atoms. The van der Waals surface area contributed by atoms with Crippen molar-refractivity contribution in [3.63, 3.8) is 0 Å². The zero-order valence-corrected chi connectivity index (χ0v) is 10.7. The fraction of sp³-hybridized carbons (Fsp3) is 0.333. The summed E-state index contributed by atoms with van der Waals surface area (Å²) in [5.41, 5.74) is 1.06. The van der Waals surface area contributed by atoms with Gasteiger partial charge in [-0.1, -0.05) is 23.7 Å². The second-order valence-corrected chi connectivity index (χ2v) is 5.22. The van der Waals surface area contributed by atoms with Crippen LogP contribution in [0.3, 0.4) is 0 Å². The van der Waals surface area contributed by atoms with E-state index >= 15 is 0 Å². The van der Waals surface area contributed by atoms with E-state index in [1.165, 1.54) is 0 Å². The molecule has 3 nitrogen and oxygen atoms in total. The molecule has 0 aromatic heterocycles. The first-order valence-corrected chi connectivity index (χ1v) is 6.68. The molecule has 1 heterocycles. The van der Waals surface area contributed by atoms with Crippen LogP contribution in [0.1, 0.15) is 17.4 Å². The topological polar surface area (TPSA) is 44.1 Å². The predicted molar refractivity (Wildman–Crippen MR) is 68.6 cm³/mol. The van der Waals surface area contributed by atoms with Gasteiger partial charge in [0.25, 0.3) is 0 Å². The molecule has 0 aliphatic carbocycles. The number of nitriles is 1. The molecule has 1 amide bonds. The van der Waals surface area contributed by atoms with E-state index in [1.807, 2.05) is 24.3 Å². The summed E-state index contributed by atoms with van der Waals surface area (Å²) >= 11 is 7.43. The lowest BCUT2D eigenvalue weighted by atomic mass is 10.2.